The number of hydrogen-bond acceptors (Lipinski definition) is 4. The zero-order chi connectivity index (χ0) is 15.0. The molecule has 3 rings (SSSR count). The number of aromatic nitrogens is 1. The molecule has 2 aromatic rings. The Bertz CT molecular complexity index is 713. The zero-order valence-corrected chi connectivity index (χ0v) is 12.9. The summed E-state index contributed by atoms with van der Waals surface area (Å²) in [5.41, 5.74) is 1.98. The number of carbonyl (C=O) groups excluding carboxylic acids is 2. The first kappa shape index (κ1) is 14.2. The van der Waals surface area contributed by atoms with Crippen molar-refractivity contribution in [1.82, 2.24) is 10.3 Å². The van der Waals surface area contributed by atoms with E-state index in [-0.39, 0.29) is 24.2 Å². The van der Waals surface area contributed by atoms with Crippen LogP contribution in [0.3, 0.4) is 0 Å². The number of aryl methyl sites for hydroxylation is 1. The molecule has 0 bridgehead atoms. The maximum Gasteiger partial charge on any atom is 0.234 e. The predicted molar refractivity (Wildman–Crippen MR) is 81.6 cm³/mol. The third kappa shape index (κ3) is 2.84. The lowest BCUT2D eigenvalue weighted by atomic mass is 9.80. The quantitative estimate of drug-likeness (QED) is 0.865. The molecule has 0 radical (unpaired) electrons. The van der Waals surface area contributed by atoms with Gasteiger partial charge >= 0.3 is 0 Å². The van der Waals surface area contributed by atoms with Crippen LogP contribution < -0.4 is 5.32 Å². The number of amides is 2. The van der Waals surface area contributed by atoms with Crippen LogP contribution >= 0.6 is 22.9 Å². The summed E-state index contributed by atoms with van der Waals surface area (Å²) >= 11 is 7.26. The number of nitrogens with zero attached hydrogens (tertiary/aromatic N) is 1. The highest BCUT2D eigenvalue weighted by Crippen LogP contribution is 2.40. The number of imide groups is 1. The molecule has 2 unspecified atom stereocenters. The maximum atomic E-state index is 12.3. The van der Waals surface area contributed by atoms with E-state index in [2.05, 4.69) is 10.3 Å². The molecule has 1 aliphatic heterocycles. The van der Waals surface area contributed by atoms with Gasteiger partial charge in [0.1, 0.15) is 4.34 Å². The van der Waals surface area contributed by atoms with E-state index in [1.54, 1.807) is 6.20 Å². The highest BCUT2D eigenvalue weighted by atomic mass is 35.5. The molecule has 0 aliphatic carbocycles. The van der Waals surface area contributed by atoms with Crippen molar-refractivity contribution in [3.05, 3.63) is 50.9 Å². The Labute approximate surface area is 131 Å². The number of piperidine rings is 1. The van der Waals surface area contributed by atoms with E-state index in [0.717, 1.165) is 16.1 Å². The third-order valence-corrected chi connectivity index (χ3v) is 4.81. The number of rotatable bonds is 2. The van der Waals surface area contributed by atoms with Crippen LogP contribution in [0.4, 0.5) is 0 Å². The van der Waals surface area contributed by atoms with E-state index >= 15 is 0 Å². The normalized spacial score (nSPS) is 22.2. The van der Waals surface area contributed by atoms with Crippen LogP contribution in [0.1, 0.15) is 34.4 Å². The van der Waals surface area contributed by atoms with Gasteiger partial charge in [-0.05, 0) is 12.5 Å². The highest BCUT2D eigenvalue weighted by Gasteiger charge is 2.39. The minimum atomic E-state index is -0.412. The van der Waals surface area contributed by atoms with Crippen molar-refractivity contribution < 1.29 is 9.59 Å². The molecular formula is C15H13ClN2O2S. The van der Waals surface area contributed by atoms with Crippen molar-refractivity contribution in [3.63, 3.8) is 0 Å². The van der Waals surface area contributed by atoms with Crippen LogP contribution in [0.25, 0.3) is 0 Å². The Morgan fingerprint density at radius 2 is 2.19 bits per heavy atom. The van der Waals surface area contributed by atoms with Crippen LogP contribution in [-0.4, -0.2) is 16.8 Å². The minimum Gasteiger partial charge on any atom is -0.296 e. The van der Waals surface area contributed by atoms with Gasteiger partial charge in [0, 0.05) is 12.3 Å². The van der Waals surface area contributed by atoms with Crippen molar-refractivity contribution in [2.45, 2.75) is 25.2 Å². The van der Waals surface area contributed by atoms with E-state index in [1.807, 2.05) is 31.2 Å². The van der Waals surface area contributed by atoms with E-state index in [0.29, 0.717) is 4.34 Å². The average Bonchev–Trinajstić information content (AvgIpc) is 2.84. The fourth-order valence-electron chi connectivity index (χ4n) is 2.68. The predicted octanol–water partition coefficient (Wildman–Crippen LogP) is 3.02. The van der Waals surface area contributed by atoms with Crippen LogP contribution in [-0.2, 0) is 9.59 Å². The lowest BCUT2D eigenvalue weighted by Crippen LogP contribution is -2.43. The second-order valence-electron chi connectivity index (χ2n) is 5.12. The summed E-state index contributed by atoms with van der Waals surface area (Å²) in [4.78, 5) is 28.3. The van der Waals surface area contributed by atoms with Gasteiger partial charge in [-0.2, -0.15) is 0 Å². The summed E-state index contributed by atoms with van der Waals surface area (Å²) in [6.45, 7) is 1.98. The lowest BCUT2D eigenvalue weighted by Gasteiger charge is -2.29. The summed E-state index contributed by atoms with van der Waals surface area (Å²) < 4.78 is 0.562. The molecule has 1 saturated heterocycles. The Hall–Kier alpha value is -1.72. The van der Waals surface area contributed by atoms with Gasteiger partial charge in [-0.25, -0.2) is 4.98 Å². The fourth-order valence-corrected chi connectivity index (χ4v) is 3.75. The smallest absolute Gasteiger partial charge is 0.234 e. The first-order chi connectivity index (χ1) is 10.0. The van der Waals surface area contributed by atoms with Gasteiger partial charge in [-0.1, -0.05) is 41.4 Å². The SMILES string of the molecule is Cc1cccc(C2C(=O)NC(=O)CC2c2ncc(Cl)s2)c1. The van der Waals surface area contributed by atoms with Crippen molar-refractivity contribution in [3.8, 4) is 0 Å². The van der Waals surface area contributed by atoms with E-state index in [1.165, 1.54) is 11.3 Å². The molecule has 2 atom stereocenters. The second-order valence-corrected chi connectivity index (χ2v) is 6.81. The molecule has 108 valence electrons. The van der Waals surface area contributed by atoms with Crippen LogP contribution in [0, 0.1) is 6.92 Å². The van der Waals surface area contributed by atoms with Gasteiger partial charge in [0.05, 0.1) is 17.1 Å². The topological polar surface area (TPSA) is 59.1 Å². The Morgan fingerprint density at radius 1 is 1.38 bits per heavy atom. The fraction of sp³-hybridized carbons (Fsp3) is 0.267. The summed E-state index contributed by atoms with van der Waals surface area (Å²) in [6.07, 6.45) is 1.81. The van der Waals surface area contributed by atoms with Crippen molar-refractivity contribution >= 4 is 34.8 Å². The third-order valence-electron chi connectivity index (χ3n) is 3.57. The van der Waals surface area contributed by atoms with Crippen LogP contribution in [0.2, 0.25) is 4.34 Å². The minimum absolute atomic E-state index is 0.244. The Morgan fingerprint density at radius 3 is 2.86 bits per heavy atom. The molecule has 1 aromatic heterocycles. The largest absolute Gasteiger partial charge is 0.296 e. The summed E-state index contributed by atoms with van der Waals surface area (Å²) in [6, 6.07) is 7.78. The molecule has 2 heterocycles. The van der Waals surface area contributed by atoms with Crippen molar-refractivity contribution in [2.75, 3.05) is 0 Å². The number of carbonyl (C=O) groups is 2. The molecule has 2 amide bonds. The van der Waals surface area contributed by atoms with Gasteiger partial charge in [0.2, 0.25) is 11.8 Å². The molecule has 21 heavy (non-hydrogen) atoms. The standard InChI is InChI=1S/C15H13ClN2O2S/c1-8-3-2-4-9(5-8)13-10(6-12(19)18-14(13)20)15-17-7-11(16)21-15/h2-5,7,10,13H,6H2,1H3,(H,18,19,20). The molecule has 1 aromatic carbocycles. The lowest BCUT2D eigenvalue weighted by molar-refractivity contribution is -0.135. The van der Waals surface area contributed by atoms with Gasteiger partial charge in [0.15, 0.2) is 0 Å². The van der Waals surface area contributed by atoms with Gasteiger partial charge < -0.3 is 0 Å². The number of nitrogens with one attached hydrogen (secondary N) is 1. The van der Waals surface area contributed by atoms with Crippen molar-refractivity contribution in [1.29, 1.82) is 0 Å². The highest BCUT2D eigenvalue weighted by molar-refractivity contribution is 7.15. The number of benzene rings is 1. The van der Waals surface area contributed by atoms with Gasteiger partial charge in [-0.3, -0.25) is 14.9 Å². The number of thiazole rings is 1. The van der Waals surface area contributed by atoms with Gasteiger partial charge in [-0.15, -0.1) is 11.3 Å². The first-order valence-corrected chi connectivity index (χ1v) is 7.75. The van der Waals surface area contributed by atoms with Gasteiger partial charge in [0.25, 0.3) is 0 Å². The molecular weight excluding hydrogens is 308 g/mol. The monoisotopic (exact) mass is 320 g/mol. The average molecular weight is 321 g/mol. The number of hydrogen-bond donors (Lipinski definition) is 1. The first-order valence-electron chi connectivity index (χ1n) is 6.56. The van der Waals surface area contributed by atoms with Crippen molar-refractivity contribution in [2.24, 2.45) is 0 Å². The molecule has 6 heteroatoms. The molecule has 1 fully saturated rings. The number of halogens is 1. The van der Waals surface area contributed by atoms with E-state index in [4.69, 9.17) is 11.6 Å². The Balaban J connectivity index is 2.04. The zero-order valence-electron chi connectivity index (χ0n) is 11.3. The summed E-state index contributed by atoms with van der Waals surface area (Å²) in [5.74, 6) is -1.20. The molecule has 0 spiro atoms. The second kappa shape index (κ2) is 5.58. The van der Waals surface area contributed by atoms with Crippen LogP contribution in [0.5, 0.6) is 0 Å². The molecule has 1 aliphatic rings. The maximum absolute atomic E-state index is 12.3. The molecule has 4 nitrogen and oxygen atoms in total. The summed E-state index contributed by atoms with van der Waals surface area (Å²) in [7, 11) is 0. The molecule has 1 N–H and O–H groups in total. The van der Waals surface area contributed by atoms with Crippen LogP contribution in [0.15, 0.2) is 30.5 Å². The molecule has 0 saturated carbocycles. The summed E-state index contributed by atoms with van der Waals surface area (Å²) in [5, 5.41) is 3.15. The van der Waals surface area contributed by atoms with E-state index < -0.39 is 5.92 Å². The van der Waals surface area contributed by atoms with E-state index in [9.17, 15) is 9.59 Å². The Kier molecular flexibility index (Phi) is 3.78.